The number of carbonyl (C=O) groups is 1. The summed E-state index contributed by atoms with van der Waals surface area (Å²) in [5, 5.41) is 10.6. The van der Waals surface area contributed by atoms with Gasteiger partial charge in [0, 0.05) is 12.5 Å². The molecule has 1 aromatic rings. The summed E-state index contributed by atoms with van der Waals surface area (Å²) < 4.78 is 6.19. The SMILES string of the molecule is C[C@@H]1O[C@](CCCC(=O)[O-])(c2ccccc2)N2CC12. The molecule has 0 aromatic heterocycles. The Kier molecular flexibility index (Phi) is 3.07. The first-order valence-corrected chi connectivity index (χ1v) is 6.83. The van der Waals surface area contributed by atoms with E-state index in [4.69, 9.17) is 4.74 Å². The standard InChI is InChI=1S/C15H19NO3/c1-11-13-10-16(13)15(19-11,9-5-8-14(17)18)12-6-3-2-4-7-12/h2-4,6-7,11,13H,5,8-10H2,1H3,(H,17,18)/p-1/t11-,13?,15+,16?/m0/s1. The molecule has 0 saturated carbocycles. The van der Waals surface area contributed by atoms with Crippen LogP contribution in [0.5, 0.6) is 0 Å². The molecule has 1 aromatic carbocycles. The molecule has 4 heteroatoms. The molecule has 19 heavy (non-hydrogen) atoms. The first kappa shape index (κ1) is 12.6. The number of ether oxygens (including phenoxy) is 1. The van der Waals surface area contributed by atoms with Gasteiger partial charge in [0.25, 0.3) is 0 Å². The van der Waals surface area contributed by atoms with Gasteiger partial charge in [0.15, 0.2) is 0 Å². The molecule has 0 bridgehead atoms. The van der Waals surface area contributed by atoms with E-state index in [9.17, 15) is 9.90 Å². The molecule has 4 atom stereocenters. The van der Waals surface area contributed by atoms with Crippen LogP contribution in [0, 0.1) is 0 Å². The lowest BCUT2D eigenvalue weighted by Gasteiger charge is -2.33. The van der Waals surface area contributed by atoms with Gasteiger partial charge in [-0.2, -0.15) is 0 Å². The number of aliphatic carboxylic acids is 1. The lowest BCUT2D eigenvalue weighted by molar-refractivity contribution is -0.306. The van der Waals surface area contributed by atoms with E-state index in [1.165, 1.54) is 0 Å². The minimum atomic E-state index is -0.989. The number of hydrogen-bond donors (Lipinski definition) is 0. The molecule has 2 saturated heterocycles. The van der Waals surface area contributed by atoms with Crippen molar-refractivity contribution in [1.29, 1.82) is 0 Å². The molecule has 0 aliphatic carbocycles. The Balaban J connectivity index is 1.83. The third-order valence-corrected chi connectivity index (χ3v) is 4.16. The maximum atomic E-state index is 10.6. The second kappa shape index (κ2) is 4.62. The summed E-state index contributed by atoms with van der Waals surface area (Å²) in [5.74, 6) is -0.989. The van der Waals surface area contributed by atoms with Gasteiger partial charge in [0.1, 0.15) is 5.72 Å². The first-order valence-electron chi connectivity index (χ1n) is 6.83. The molecule has 102 valence electrons. The fraction of sp³-hybridized carbons (Fsp3) is 0.533. The van der Waals surface area contributed by atoms with E-state index >= 15 is 0 Å². The van der Waals surface area contributed by atoms with E-state index < -0.39 is 11.7 Å². The Hall–Kier alpha value is -1.39. The summed E-state index contributed by atoms with van der Waals surface area (Å²) in [6, 6.07) is 10.6. The van der Waals surface area contributed by atoms with Gasteiger partial charge in [-0.25, -0.2) is 0 Å². The van der Waals surface area contributed by atoms with Crippen LogP contribution in [0.25, 0.3) is 0 Å². The van der Waals surface area contributed by atoms with Gasteiger partial charge in [-0.3, -0.25) is 4.90 Å². The van der Waals surface area contributed by atoms with Crippen molar-refractivity contribution in [1.82, 2.24) is 4.90 Å². The number of carboxylic acid groups (broad SMARTS) is 1. The predicted molar refractivity (Wildman–Crippen MR) is 68.0 cm³/mol. The molecule has 0 amide bonds. The second-order valence-corrected chi connectivity index (χ2v) is 5.42. The zero-order valence-electron chi connectivity index (χ0n) is 11.0. The quantitative estimate of drug-likeness (QED) is 0.737. The van der Waals surface area contributed by atoms with Gasteiger partial charge in [-0.1, -0.05) is 30.3 Å². The molecular formula is C15H18NO3-. The van der Waals surface area contributed by atoms with Crippen LogP contribution in [0.1, 0.15) is 31.7 Å². The molecule has 2 unspecified atom stereocenters. The van der Waals surface area contributed by atoms with Gasteiger partial charge in [-0.05, 0) is 31.7 Å². The molecule has 3 rings (SSSR count). The highest BCUT2D eigenvalue weighted by Gasteiger charge is 2.60. The summed E-state index contributed by atoms with van der Waals surface area (Å²) in [6.45, 7) is 3.13. The molecule has 2 heterocycles. The van der Waals surface area contributed by atoms with Crippen LogP contribution in [0.3, 0.4) is 0 Å². The lowest BCUT2D eigenvalue weighted by atomic mass is 9.96. The number of fused-ring (bicyclic) bond motifs is 1. The van der Waals surface area contributed by atoms with Crippen molar-refractivity contribution < 1.29 is 14.6 Å². The number of hydrogen-bond acceptors (Lipinski definition) is 4. The maximum Gasteiger partial charge on any atom is 0.148 e. The summed E-state index contributed by atoms with van der Waals surface area (Å²) >= 11 is 0. The number of rotatable bonds is 5. The zero-order valence-corrected chi connectivity index (χ0v) is 11.0. The summed E-state index contributed by atoms with van der Waals surface area (Å²) in [7, 11) is 0. The molecule has 2 aliphatic heterocycles. The van der Waals surface area contributed by atoms with Crippen molar-refractivity contribution in [3.8, 4) is 0 Å². The minimum Gasteiger partial charge on any atom is -0.550 e. The van der Waals surface area contributed by atoms with E-state index in [-0.39, 0.29) is 12.5 Å². The fourth-order valence-corrected chi connectivity index (χ4v) is 3.18. The Morgan fingerprint density at radius 2 is 2.21 bits per heavy atom. The smallest absolute Gasteiger partial charge is 0.148 e. The number of benzene rings is 1. The summed E-state index contributed by atoms with van der Waals surface area (Å²) in [6.07, 6.45) is 1.58. The van der Waals surface area contributed by atoms with Gasteiger partial charge in [0.05, 0.1) is 12.1 Å². The third kappa shape index (κ3) is 2.15. The van der Waals surface area contributed by atoms with Crippen molar-refractivity contribution in [2.24, 2.45) is 0 Å². The predicted octanol–water partition coefficient (Wildman–Crippen LogP) is 0.863. The summed E-state index contributed by atoms with van der Waals surface area (Å²) in [5.41, 5.74) is 0.695. The molecule has 0 radical (unpaired) electrons. The molecule has 2 aliphatic rings. The van der Waals surface area contributed by atoms with E-state index in [0.29, 0.717) is 18.9 Å². The Morgan fingerprint density at radius 3 is 2.74 bits per heavy atom. The fourth-order valence-electron chi connectivity index (χ4n) is 3.18. The Morgan fingerprint density at radius 1 is 1.47 bits per heavy atom. The van der Waals surface area contributed by atoms with Gasteiger partial charge in [-0.15, -0.1) is 0 Å². The third-order valence-electron chi connectivity index (χ3n) is 4.16. The van der Waals surface area contributed by atoms with Gasteiger partial charge in [0.2, 0.25) is 0 Å². The summed E-state index contributed by atoms with van der Waals surface area (Å²) in [4.78, 5) is 12.9. The molecule has 2 fully saturated rings. The van der Waals surface area contributed by atoms with Gasteiger partial charge >= 0.3 is 0 Å². The second-order valence-electron chi connectivity index (χ2n) is 5.42. The highest BCUT2D eigenvalue weighted by molar-refractivity contribution is 5.64. The van der Waals surface area contributed by atoms with Crippen LogP contribution in [0.2, 0.25) is 0 Å². The topological polar surface area (TPSA) is 52.4 Å². The monoisotopic (exact) mass is 260 g/mol. The van der Waals surface area contributed by atoms with Crippen molar-refractivity contribution in [2.75, 3.05) is 6.54 Å². The van der Waals surface area contributed by atoms with Crippen LogP contribution < -0.4 is 5.11 Å². The minimum absolute atomic E-state index is 0.0881. The molecule has 0 N–H and O–H groups in total. The van der Waals surface area contributed by atoms with Crippen LogP contribution in [0.15, 0.2) is 30.3 Å². The molecular weight excluding hydrogens is 242 g/mol. The van der Waals surface area contributed by atoms with Crippen LogP contribution in [-0.4, -0.2) is 29.6 Å². The molecule has 0 spiro atoms. The maximum absolute atomic E-state index is 10.6. The highest BCUT2D eigenvalue weighted by atomic mass is 16.5. The number of carboxylic acids is 1. The van der Waals surface area contributed by atoms with E-state index in [0.717, 1.165) is 12.1 Å². The van der Waals surface area contributed by atoms with Crippen molar-refractivity contribution in [3.63, 3.8) is 0 Å². The Bertz CT molecular complexity index is 476. The first-order chi connectivity index (χ1) is 9.13. The highest BCUT2D eigenvalue weighted by Crippen LogP contribution is 2.51. The van der Waals surface area contributed by atoms with Crippen LogP contribution in [-0.2, 0) is 15.3 Å². The van der Waals surface area contributed by atoms with E-state index in [2.05, 4.69) is 24.0 Å². The van der Waals surface area contributed by atoms with Crippen molar-refractivity contribution in [3.05, 3.63) is 35.9 Å². The van der Waals surface area contributed by atoms with E-state index in [1.807, 2.05) is 18.2 Å². The van der Waals surface area contributed by atoms with Crippen molar-refractivity contribution >= 4 is 5.97 Å². The Labute approximate surface area is 113 Å². The zero-order chi connectivity index (χ0) is 13.5. The normalized spacial score (nSPS) is 35.9. The average molecular weight is 260 g/mol. The van der Waals surface area contributed by atoms with Gasteiger partial charge < -0.3 is 14.6 Å². The molecule has 4 nitrogen and oxygen atoms in total. The van der Waals surface area contributed by atoms with Crippen LogP contribution in [0.4, 0.5) is 0 Å². The van der Waals surface area contributed by atoms with Crippen molar-refractivity contribution in [2.45, 2.75) is 44.1 Å². The largest absolute Gasteiger partial charge is 0.550 e. The van der Waals surface area contributed by atoms with Crippen LogP contribution >= 0.6 is 0 Å². The van der Waals surface area contributed by atoms with E-state index in [1.54, 1.807) is 0 Å². The number of carbonyl (C=O) groups excluding carboxylic acids is 1. The lowest BCUT2D eigenvalue weighted by Crippen LogP contribution is -2.36. The number of nitrogens with zero attached hydrogens (tertiary/aromatic N) is 1. The average Bonchev–Trinajstić information content (AvgIpc) is 3.14.